The molecule has 0 spiro atoms. The molecular formula is C16H21NO. The lowest BCUT2D eigenvalue weighted by atomic mass is 9.80. The summed E-state index contributed by atoms with van der Waals surface area (Å²) >= 11 is 0. The van der Waals surface area contributed by atoms with E-state index >= 15 is 0 Å². The molecule has 1 aliphatic rings. The quantitative estimate of drug-likeness (QED) is 0.743. The van der Waals surface area contributed by atoms with Gasteiger partial charge in [-0.25, -0.2) is 0 Å². The van der Waals surface area contributed by atoms with E-state index in [0.29, 0.717) is 18.3 Å². The van der Waals surface area contributed by atoms with Gasteiger partial charge in [0, 0.05) is 6.42 Å². The molecule has 0 N–H and O–H groups in total. The second-order valence-electron chi connectivity index (χ2n) is 5.11. The van der Waals surface area contributed by atoms with Gasteiger partial charge in [-0.15, -0.1) is 0 Å². The Morgan fingerprint density at radius 2 is 2.00 bits per heavy atom. The van der Waals surface area contributed by atoms with Gasteiger partial charge in [0.2, 0.25) is 0 Å². The van der Waals surface area contributed by atoms with Crippen molar-refractivity contribution in [2.45, 2.75) is 44.4 Å². The minimum Gasteiger partial charge on any atom is -0.496 e. The number of hydrogen-bond donors (Lipinski definition) is 0. The number of nitrogens with zero attached hydrogens (tertiary/aromatic N) is 1. The molecule has 1 fully saturated rings. The standard InChI is InChI=1S/C16H21NO/c1-18-16-10-6-5-9-15(16)14-8-4-2-3-7-13(14)11-12-17/h5-6,9-10,13-14H,2-4,7-8,11H2,1H3. The van der Waals surface area contributed by atoms with Gasteiger partial charge in [-0.05, 0) is 36.3 Å². The number of rotatable bonds is 3. The molecule has 1 aliphatic carbocycles. The Kier molecular flexibility index (Phi) is 4.64. The number of hydrogen-bond acceptors (Lipinski definition) is 2. The van der Waals surface area contributed by atoms with Crippen LogP contribution in [-0.2, 0) is 0 Å². The van der Waals surface area contributed by atoms with Crippen LogP contribution >= 0.6 is 0 Å². The lowest BCUT2D eigenvalue weighted by Gasteiger charge is -2.25. The van der Waals surface area contributed by atoms with Crippen LogP contribution in [0.5, 0.6) is 5.75 Å². The Labute approximate surface area is 110 Å². The fraction of sp³-hybridized carbons (Fsp3) is 0.562. The van der Waals surface area contributed by atoms with Gasteiger partial charge < -0.3 is 4.74 Å². The molecule has 2 unspecified atom stereocenters. The maximum absolute atomic E-state index is 9.02. The Bertz CT molecular complexity index is 421. The normalized spacial score (nSPS) is 24.0. The lowest BCUT2D eigenvalue weighted by molar-refractivity contribution is 0.370. The van der Waals surface area contributed by atoms with Gasteiger partial charge in [-0.1, -0.05) is 37.5 Å². The highest BCUT2D eigenvalue weighted by molar-refractivity contribution is 5.36. The molecule has 0 amide bonds. The number of benzene rings is 1. The predicted octanol–water partition coefficient (Wildman–Crippen LogP) is 4.27. The Balaban J connectivity index is 2.29. The zero-order chi connectivity index (χ0) is 12.8. The van der Waals surface area contributed by atoms with Crippen molar-refractivity contribution in [2.24, 2.45) is 5.92 Å². The maximum atomic E-state index is 9.02. The van der Waals surface area contributed by atoms with E-state index in [1.165, 1.54) is 37.7 Å². The topological polar surface area (TPSA) is 33.0 Å². The van der Waals surface area contributed by atoms with Gasteiger partial charge in [0.15, 0.2) is 0 Å². The minimum atomic E-state index is 0.489. The second-order valence-corrected chi connectivity index (χ2v) is 5.11. The van der Waals surface area contributed by atoms with E-state index < -0.39 is 0 Å². The Morgan fingerprint density at radius 3 is 2.78 bits per heavy atom. The molecule has 0 heterocycles. The van der Waals surface area contributed by atoms with Crippen LogP contribution in [0.15, 0.2) is 24.3 Å². The van der Waals surface area contributed by atoms with Gasteiger partial charge in [0.1, 0.15) is 5.75 Å². The van der Waals surface area contributed by atoms with Gasteiger partial charge in [0.25, 0.3) is 0 Å². The SMILES string of the molecule is COc1ccccc1C1CCCCCC1CC#N. The monoisotopic (exact) mass is 243 g/mol. The van der Waals surface area contributed by atoms with Crippen LogP contribution in [0.2, 0.25) is 0 Å². The average molecular weight is 243 g/mol. The maximum Gasteiger partial charge on any atom is 0.122 e. The number of nitriles is 1. The Hall–Kier alpha value is -1.49. The molecule has 0 saturated heterocycles. The third-order valence-electron chi connectivity index (χ3n) is 4.05. The molecule has 0 aromatic heterocycles. The summed E-state index contributed by atoms with van der Waals surface area (Å²) < 4.78 is 5.48. The van der Waals surface area contributed by atoms with Crippen LogP contribution < -0.4 is 4.74 Å². The molecule has 1 aromatic rings. The molecule has 96 valence electrons. The predicted molar refractivity (Wildman–Crippen MR) is 72.5 cm³/mol. The van der Waals surface area contributed by atoms with E-state index in [1.54, 1.807) is 7.11 Å². The number of ether oxygens (including phenoxy) is 1. The van der Waals surface area contributed by atoms with Crippen molar-refractivity contribution >= 4 is 0 Å². The van der Waals surface area contributed by atoms with E-state index in [2.05, 4.69) is 18.2 Å². The summed E-state index contributed by atoms with van der Waals surface area (Å²) in [6, 6.07) is 10.6. The van der Waals surface area contributed by atoms with E-state index in [1.807, 2.05) is 12.1 Å². The first kappa shape index (κ1) is 13.0. The molecule has 0 radical (unpaired) electrons. The van der Waals surface area contributed by atoms with Crippen molar-refractivity contribution in [3.8, 4) is 11.8 Å². The number of para-hydroxylation sites is 1. The van der Waals surface area contributed by atoms with Crippen molar-refractivity contribution < 1.29 is 4.74 Å². The highest BCUT2D eigenvalue weighted by Crippen LogP contribution is 2.41. The van der Waals surface area contributed by atoms with E-state index in [0.717, 1.165) is 5.75 Å². The van der Waals surface area contributed by atoms with Gasteiger partial charge in [-0.3, -0.25) is 0 Å². The van der Waals surface area contributed by atoms with Crippen LogP contribution in [0.1, 0.15) is 50.0 Å². The molecule has 1 aromatic carbocycles. The molecule has 18 heavy (non-hydrogen) atoms. The fourth-order valence-electron chi connectivity index (χ4n) is 3.13. The fourth-order valence-corrected chi connectivity index (χ4v) is 3.13. The van der Waals surface area contributed by atoms with Crippen LogP contribution in [0.25, 0.3) is 0 Å². The first-order chi connectivity index (χ1) is 8.86. The van der Waals surface area contributed by atoms with Crippen molar-refractivity contribution in [1.82, 2.24) is 0 Å². The first-order valence-corrected chi connectivity index (χ1v) is 6.86. The summed E-state index contributed by atoms with van der Waals surface area (Å²) in [5.74, 6) is 1.96. The van der Waals surface area contributed by atoms with E-state index in [-0.39, 0.29) is 0 Å². The van der Waals surface area contributed by atoms with Gasteiger partial charge in [-0.2, -0.15) is 5.26 Å². The molecular weight excluding hydrogens is 222 g/mol. The zero-order valence-electron chi connectivity index (χ0n) is 11.1. The van der Waals surface area contributed by atoms with Crippen LogP contribution in [0.4, 0.5) is 0 Å². The molecule has 0 aliphatic heterocycles. The van der Waals surface area contributed by atoms with Crippen LogP contribution in [-0.4, -0.2) is 7.11 Å². The summed E-state index contributed by atoms with van der Waals surface area (Å²) in [6.45, 7) is 0. The summed E-state index contributed by atoms with van der Waals surface area (Å²) in [5, 5.41) is 9.02. The van der Waals surface area contributed by atoms with Crippen molar-refractivity contribution in [3.63, 3.8) is 0 Å². The van der Waals surface area contributed by atoms with Crippen LogP contribution in [0.3, 0.4) is 0 Å². The third-order valence-corrected chi connectivity index (χ3v) is 4.05. The molecule has 0 bridgehead atoms. The Morgan fingerprint density at radius 1 is 1.22 bits per heavy atom. The van der Waals surface area contributed by atoms with Gasteiger partial charge >= 0.3 is 0 Å². The van der Waals surface area contributed by atoms with Crippen molar-refractivity contribution in [1.29, 1.82) is 5.26 Å². The number of methoxy groups -OCH3 is 1. The van der Waals surface area contributed by atoms with E-state index in [4.69, 9.17) is 10.00 Å². The largest absolute Gasteiger partial charge is 0.496 e. The summed E-state index contributed by atoms with van der Waals surface area (Å²) in [6.07, 6.45) is 6.86. The van der Waals surface area contributed by atoms with Gasteiger partial charge in [0.05, 0.1) is 13.2 Å². The molecule has 1 saturated carbocycles. The molecule has 2 heteroatoms. The summed E-state index contributed by atoms with van der Waals surface area (Å²) in [7, 11) is 1.73. The highest BCUT2D eigenvalue weighted by Gasteiger charge is 2.26. The summed E-state index contributed by atoms with van der Waals surface area (Å²) in [4.78, 5) is 0. The molecule has 2 atom stereocenters. The first-order valence-electron chi connectivity index (χ1n) is 6.86. The molecule has 2 nitrogen and oxygen atoms in total. The highest BCUT2D eigenvalue weighted by atomic mass is 16.5. The van der Waals surface area contributed by atoms with E-state index in [9.17, 15) is 0 Å². The van der Waals surface area contributed by atoms with Crippen molar-refractivity contribution in [2.75, 3.05) is 7.11 Å². The van der Waals surface area contributed by atoms with Crippen LogP contribution in [0, 0.1) is 17.2 Å². The zero-order valence-corrected chi connectivity index (χ0v) is 11.1. The van der Waals surface area contributed by atoms with Crippen molar-refractivity contribution in [3.05, 3.63) is 29.8 Å². The minimum absolute atomic E-state index is 0.489. The second kappa shape index (κ2) is 6.44. The summed E-state index contributed by atoms with van der Waals surface area (Å²) in [5.41, 5.74) is 1.29. The smallest absolute Gasteiger partial charge is 0.122 e. The third kappa shape index (κ3) is 2.85. The lowest BCUT2D eigenvalue weighted by Crippen LogP contribution is -2.12. The average Bonchev–Trinajstić information content (AvgIpc) is 2.65. The molecule has 2 rings (SSSR count).